The summed E-state index contributed by atoms with van der Waals surface area (Å²) >= 11 is 0. The van der Waals surface area contributed by atoms with Crippen LogP contribution in [0, 0.1) is 27.7 Å². The van der Waals surface area contributed by atoms with Gasteiger partial charge < -0.3 is 27.5 Å². The molecule has 0 saturated carbocycles. The number of furan rings is 4. The molecule has 16 rings (SSSR count). The number of benzene rings is 12. The quantitative estimate of drug-likeness (QED) is 0.155. The van der Waals surface area contributed by atoms with Gasteiger partial charge in [-0.2, -0.15) is 0 Å². The summed E-state index contributed by atoms with van der Waals surface area (Å²) in [4.78, 5) is 4.80. The third-order valence-corrected chi connectivity index (χ3v) is 15.9. The number of hydrogen-bond acceptors (Lipinski definition) is 6. The number of fused-ring (bicyclic) bond motifs is 12. The molecular weight excluding hydrogens is 909 g/mol. The van der Waals surface area contributed by atoms with Gasteiger partial charge in [0.2, 0.25) is 0 Å². The van der Waals surface area contributed by atoms with Crippen LogP contribution in [0.25, 0.3) is 120 Å². The van der Waals surface area contributed by atoms with Crippen molar-refractivity contribution in [2.45, 2.75) is 27.7 Å². The van der Waals surface area contributed by atoms with E-state index < -0.39 is 0 Å². The average Bonchev–Trinajstić information content (AvgIpc) is 4.26. The molecule has 0 aliphatic carbocycles. The van der Waals surface area contributed by atoms with Crippen molar-refractivity contribution < 1.29 is 17.7 Å². The van der Waals surface area contributed by atoms with E-state index in [0.29, 0.717) is 0 Å². The zero-order valence-electron chi connectivity index (χ0n) is 41.0. The van der Waals surface area contributed by atoms with E-state index in [1.54, 1.807) is 0 Å². The van der Waals surface area contributed by atoms with Crippen molar-refractivity contribution in [3.8, 4) is 0 Å². The highest BCUT2D eigenvalue weighted by Crippen LogP contribution is 2.54. The van der Waals surface area contributed by atoms with Crippen molar-refractivity contribution in [3.05, 3.63) is 216 Å². The van der Waals surface area contributed by atoms with Crippen molar-refractivity contribution >= 4 is 154 Å². The van der Waals surface area contributed by atoms with Gasteiger partial charge in [-0.1, -0.05) is 158 Å². The van der Waals surface area contributed by atoms with Gasteiger partial charge in [-0.3, -0.25) is 0 Å². The van der Waals surface area contributed by atoms with Gasteiger partial charge in [-0.15, -0.1) is 0 Å². The summed E-state index contributed by atoms with van der Waals surface area (Å²) in [5.41, 5.74) is 16.9. The molecule has 0 amide bonds. The Kier molecular flexibility index (Phi) is 8.34. The first-order valence-electron chi connectivity index (χ1n) is 25.3. The molecule has 0 radical (unpaired) electrons. The van der Waals surface area contributed by atoms with Crippen molar-refractivity contribution in [3.63, 3.8) is 0 Å². The van der Waals surface area contributed by atoms with Crippen molar-refractivity contribution in [2.75, 3.05) is 9.80 Å². The van der Waals surface area contributed by atoms with E-state index >= 15 is 0 Å². The fourth-order valence-electron chi connectivity index (χ4n) is 12.4. The van der Waals surface area contributed by atoms with Gasteiger partial charge in [0, 0.05) is 53.9 Å². The maximum absolute atomic E-state index is 7.06. The molecule has 0 unspecified atom stereocenters. The molecule has 74 heavy (non-hydrogen) atoms. The maximum atomic E-state index is 7.06. The first-order chi connectivity index (χ1) is 36.4. The highest BCUT2D eigenvalue weighted by atomic mass is 16.3. The lowest BCUT2D eigenvalue weighted by Gasteiger charge is -2.30. The van der Waals surface area contributed by atoms with E-state index in [0.717, 1.165) is 166 Å². The molecule has 4 aromatic heterocycles. The monoisotopic (exact) mass is 952 g/mol. The molecule has 4 heterocycles. The highest BCUT2D eigenvalue weighted by molar-refractivity contribution is 6.30. The number of para-hydroxylation sites is 6. The minimum atomic E-state index is 0.811. The fraction of sp³-hybridized carbons (Fsp3) is 0.0588. The molecule has 0 bridgehead atoms. The Bertz CT molecular complexity index is 4730. The van der Waals surface area contributed by atoms with Gasteiger partial charge in [0.1, 0.15) is 22.3 Å². The predicted octanol–water partition coefficient (Wildman–Crippen LogP) is 20.4. The van der Waals surface area contributed by atoms with E-state index in [2.05, 4.69) is 219 Å². The normalized spacial score (nSPS) is 12.3. The van der Waals surface area contributed by atoms with Crippen molar-refractivity contribution in [1.82, 2.24) is 0 Å². The molecule has 6 nitrogen and oxygen atoms in total. The average molecular weight is 953 g/mol. The van der Waals surface area contributed by atoms with Gasteiger partial charge in [0.25, 0.3) is 0 Å². The van der Waals surface area contributed by atoms with Gasteiger partial charge in [0.15, 0.2) is 22.3 Å². The largest absolute Gasteiger partial charge is 0.454 e. The third-order valence-electron chi connectivity index (χ3n) is 15.9. The summed E-state index contributed by atoms with van der Waals surface area (Å²) in [7, 11) is 0. The molecule has 6 heteroatoms. The second kappa shape index (κ2) is 15.0. The zero-order valence-corrected chi connectivity index (χ0v) is 41.0. The van der Waals surface area contributed by atoms with Gasteiger partial charge in [0.05, 0.1) is 34.1 Å². The van der Waals surface area contributed by atoms with E-state index in [1.165, 1.54) is 10.8 Å². The molecule has 0 aliphatic rings. The number of rotatable bonds is 6. The molecule has 0 N–H and O–H groups in total. The predicted molar refractivity (Wildman–Crippen MR) is 308 cm³/mol. The number of hydrogen-bond donors (Lipinski definition) is 0. The Morgan fingerprint density at radius 3 is 1.07 bits per heavy atom. The summed E-state index contributed by atoms with van der Waals surface area (Å²) in [5.74, 6) is 0. The van der Waals surface area contributed by atoms with Crippen LogP contribution in [0.15, 0.2) is 212 Å². The molecule has 0 atom stereocenters. The van der Waals surface area contributed by atoms with Crippen molar-refractivity contribution in [1.29, 1.82) is 0 Å². The topological polar surface area (TPSA) is 59.0 Å². The lowest BCUT2D eigenvalue weighted by Crippen LogP contribution is -2.13. The molecule has 0 fully saturated rings. The highest BCUT2D eigenvalue weighted by Gasteiger charge is 2.30. The van der Waals surface area contributed by atoms with E-state index in [-0.39, 0.29) is 0 Å². The smallest absolute Gasteiger partial charge is 0.159 e. The molecule has 0 spiro atoms. The number of anilines is 6. The number of nitrogens with zero attached hydrogens (tertiary/aromatic N) is 2. The summed E-state index contributed by atoms with van der Waals surface area (Å²) in [6, 6.07) is 69.6. The minimum Gasteiger partial charge on any atom is -0.454 e. The first kappa shape index (κ1) is 41.1. The molecule has 0 saturated heterocycles. The molecule has 12 aromatic carbocycles. The Morgan fingerprint density at radius 1 is 0.243 bits per heavy atom. The Labute approximate surface area is 423 Å². The summed E-state index contributed by atoms with van der Waals surface area (Å²) in [6.07, 6.45) is 0. The summed E-state index contributed by atoms with van der Waals surface area (Å²) in [5, 5.41) is 15.4. The van der Waals surface area contributed by atoms with Crippen LogP contribution in [-0.4, -0.2) is 0 Å². The maximum Gasteiger partial charge on any atom is 0.159 e. The van der Waals surface area contributed by atoms with Crippen LogP contribution in [0.3, 0.4) is 0 Å². The van der Waals surface area contributed by atoms with Crippen LogP contribution in [-0.2, 0) is 0 Å². The fourth-order valence-corrected chi connectivity index (χ4v) is 12.4. The Morgan fingerprint density at radius 2 is 0.608 bits per heavy atom. The van der Waals surface area contributed by atoms with Crippen LogP contribution < -0.4 is 9.80 Å². The van der Waals surface area contributed by atoms with E-state index in [4.69, 9.17) is 17.7 Å². The lowest BCUT2D eigenvalue weighted by molar-refractivity contribution is 0.663. The number of aryl methyl sites for hydroxylation is 4. The second-order valence-electron chi connectivity index (χ2n) is 20.1. The summed E-state index contributed by atoms with van der Waals surface area (Å²) < 4.78 is 28.0. The van der Waals surface area contributed by atoms with Gasteiger partial charge in [-0.25, -0.2) is 0 Å². The zero-order chi connectivity index (χ0) is 49.1. The van der Waals surface area contributed by atoms with Crippen LogP contribution in [0.4, 0.5) is 34.1 Å². The summed E-state index contributed by atoms with van der Waals surface area (Å²) in [6.45, 7) is 8.62. The van der Waals surface area contributed by atoms with Crippen LogP contribution in [0.5, 0.6) is 0 Å². The van der Waals surface area contributed by atoms with Gasteiger partial charge in [-0.05, 0) is 108 Å². The SMILES string of the molecule is Cc1ccc2c(oc3c(C)cccc32)c1N(c1ccc2ccc3c(N(c4cccc5c4oc4ccccc45)c4c(C)ccc5c4oc4c(C)cccc45)ccc4ccc1c2c43)c1cccc2c1oc1ccccc12. The van der Waals surface area contributed by atoms with Crippen LogP contribution >= 0.6 is 0 Å². The standard InChI is InChI=1S/C68H44N2O4/c1-37-25-31-49-47-17-9-13-39(3)63(47)73-67(49)61(37)69(55-21-11-19-45-43-15-5-7-23-57(43)71-65(45)55)53-35-29-41-28-34-52-54(36-30-42-27-33-51(53)59(41)60(42)52)70(56-22-12-20-46-44-16-6-8-24-58(44)72-66(46)56)62-38(2)26-32-50-48-18-10-14-40(4)64(48)74-68(50)62/h5-36H,1-4H3. The first-order valence-corrected chi connectivity index (χ1v) is 25.3. The molecular formula is C68H44N2O4. The third kappa shape index (κ3) is 5.54. The minimum absolute atomic E-state index is 0.811. The second-order valence-corrected chi connectivity index (χ2v) is 20.1. The van der Waals surface area contributed by atoms with Crippen molar-refractivity contribution in [2.24, 2.45) is 0 Å². The molecule has 0 aliphatic heterocycles. The Hall–Kier alpha value is -9.52. The Balaban J connectivity index is 1.01. The van der Waals surface area contributed by atoms with E-state index in [9.17, 15) is 0 Å². The van der Waals surface area contributed by atoms with Crippen LogP contribution in [0.1, 0.15) is 22.3 Å². The van der Waals surface area contributed by atoms with E-state index in [1.807, 2.05) is 12.1 Å². The molecule has 350 valence electrons. The van der Waals surface area contributed by atoms with Crippen LogP contribution in [0.2, 0.25) is 0 Å². The molecule has 16 aromatic rings. The van der Waals surface area contributed by atoms with Gasteiger partial charge >= 0.3 is 0 Å². The lowest BCUT2D eigenvalue weighted by atomic mass is 9.91.